The van der Waals surface area contributed by atoms with Crippen molar-refractivity contribution in [2.24, 2.45) is 16.6 Å². The zero-order valence-corrected chi connectivity index (χ0v) is 15.1. The molecule has 0 aliphatic carbocycles. The first-order valence-electron chi connectivity index (χ1n) is 9.45. The largest absolute Gasteiger partial charge is 0.404 e. The third-order valence-electron chi connectivity index (χ3n) is 5.66. The molecule has 3 atom stereocenters. The maximum atomic E-state index is 5.88. The van der Waals surface area contributed by atoms with Crippen molar-refractivity contribution in [3.63, 3.8) is 0 Å². The van der Waals surface area contributed by atoms with Gasteiger partial charge in [-0.2, -0.15) is 0 Å². The molecular weight excluding hydrogens is 322 g/mol. The molecule has 0 spiro atoms. The van der Waals surface area contributed by atoms with Crippen LogP contribution >= 0.6 is 0 Å². The molecule has 4 rings (SSSR count). The topological polar surface area (TPSA) is 69.4 Å². The quantitative estimate of drug-likeness (QED) is 0.727. The smallest absolute Gasteiger partial charge is 0.118 e. The highest BCUT2D eigenvalue weighted by Gasteiger charge is 2.31. The summed E-state index contributed by atoms with van der Waals surface area (Å²) in [5.74, 6) is 1.43. The third-order valence-corrected chi connectivity index (χ3v) is 5.66. The van der Waals surface area contributed by atoms with E-state index in [1.807, 2.05) is 18.5 Å². The standard InChI is InChI=1S/C21H27N5/c1-15(25-20-8-11-26-10-3-4-16(20)14-26)24-13-17(12-22)18-5-2-6-21-19(18)7-9-23-21/h2,5-7,9,12-13,16,20,23,25H,1,3-4,8,10-11,14,22H2/b17-12+,24-13?. The van der Waals surface area contributed by atoms with Crippen molar-refractivity contribution in [2.45, 2.75) is 25.3 Å². The number of rotatable bonds is 5. The third kappa shape index (κ3) is 3.40. The Morgan fingerprint density at radius 2 is 2.23 bits per heavy atom. The summed E-state index contributed by atoms with van der Waals surface area (Å²) >= 11 is 0. The molecule has 3 unspecified atom stereocenters. The molecule has 0 amide bonds. The van der Waals surface area contributed by atoms with Crippen molar-refractivity contribution in [3.05, 3.63) is 54.6 Å². The fourth-order valence-corrected chi connectivity index (χ4v) is 4.31. The molecule has 3 heterocycles. The molecule has 4 N–H and O–H groups in total. The van der Waals surface area contributed by atoms with E-state index in [0.29, 0.717) is 12.0 Å². The van der Waals surface area contributed by atoms with Gasteiger partial charge in [-0.1, -0.05) is 18.7 Å². The summed E-state index contributed by atoms with van der Waals surface area (Å²) in [4.78, 5) is 10.4. The summed E-state index contributed by atoms with van der Waals surface area (Å²) in [5, 5.41) is 4.69. The number of aliphatic imine (C=N–C) groups is 1. The Bertz CT molecular complexity index is 847. The molecule has 26 heavy (non-hydrogen) atoms. The van der Waals surface area contributed by atoms with Crippen LogP contribution in [-0.4, -0.2) is 41.8 Å². The number of hydrogen-bond donors (Lipinski definition) is 3. The summed E-state index contributed by atoms with van der Waals surface area (Å²) in [5.41, 5.74) is 8.94. The van der Waals surface area contributed by atoms with Gasteiger partial charge in [-0.15, -0.1) is 0 Å². The lowest BCUT2D eigenvalue weighted by Gasteiger charge is -2.43. The van der Waals surface area contributed by atoms with Gasteiger partial charge < -0.3 is 20.9 Å². The zero-order chi connectivity index (χ0) is 17.9. The summed E-state index contributed by atoms with van der Waals surface area (Å²) in [6.07, 6.45) is 9.14. The number of fused-ring (bicyclic) bond motifs is 3. The Balaban J connectivity index is 1.44. The second kappa shape index (κ2) is 7.38. The Hall–Kier alpha value is -2.53. The Morgan fingerprint density at radius 3 is 3.12 bits per heavy atom. The van der Waals surface area contributed by atoms with Crippen LogP contribution in [0.25, 0.3) is 16.5 Å². The number of nitrogens with zero attached hydrogens (tertiary/aromatic N) is 2. The van der Waals surface area contributed by atoms with Gasteiger partial charge in [0.15, 0.2) is 0 Å². The van der Waals surface area contributed by atoms with Gasteiger partial charge in [0, 0.05) is 54.2 Å². The van der Waals surface area contributed by atoms with Crippen LogP contribution in [0.3, 0.4) is 0 Å². The van der Waals surface area contributed by atoms with Gasteiger partial charge in [0.25, 0.3) is 0 Å². The van der Waals surface area contributed by atoms with Crippen molar-refractivity contribution in [3.8, 4) is 0 Å². The number of benzene rings is 1. The van der Waals surface area contributed by atoms with Crippen LogP contribution < -0.4 is 11.1 Å². The molecule has 2 aliphatic rings. The van der Waals surface area contributed by atoms with Gasteiger partial charge >= 0.3 is 0 Å². The van der Waals surface area contributed by atoms with Crippen LogP contribution in [0.15, 0.2) is 54.1 Å². The monoisotopic (exact) mass is 349 g/mol. The number of hydrogen-bond acceptors (Lipinski definition) is 4. The Morgan fingerprint density at radius 1 is 1.31 bits per heavy atom. The SMILES string of the molecule is C=C(N=C/C(=C\N)c1cccc2[nH]ccc12)NC1CCN2CCCC1C2. The first-order valence-corrected chi connectivity index (χ1v) is 9.45. The molecule has 1 aromatic carbocycles. The molecule has 5 heteroatoms. The van der Waals surface area contributed by atoms with E-state index in [2.05, 4.69) is 45.0 Å². The van der Waals surface area contributed by atoms with E-state index in [1.54, 1.807) is 6.20 Å². The summed E-state index contributed by atoms with van der Waals surface area (Å²) in [6, 6.07) is 8.69. The van der Waals surface area contributed by atoms with Crippen LogP contribution in [0.2, 0.25) is 0 Å². The molecule has 0 radical (unpaired) electrons. The molecule has 0 saturated carbocycles. The molecule has 2 saturated heterocycles. The number of aromatic amines is 1. The summed E-state index contributed by atoms with van der Waals surface area (Å²) < 4.78 is 0. The van der Waals surface area contributed by atoms with E-state index in [0.717, 1.165) is 27.9 Å². The Labute approximate surface area is 154 Å². The fourth-order valence-electron chi connectivity index (χ4n) is 4.31. The van der Waals surface area contributed by atoms with E-state index >= 15 is 0 Å². The number of nitrogens with two attached hydrogens (primary N) is 1. The lowest BCUT2D eigenvalue weighted by Crippen LogP contribution is -2.51. The van der Waals surface area contributed by atoms with Crippen LogP contribution in [0.1, 0.15) is 24.8 Å². The van der Waals surface area contributed by atoms with Crippen molar-refractivity contribution >= 4 is 22.7 Å². The lowest BCUT2D eigenvalue weighted by molar-refractivity contribution is 0.0961. The maximum Gasteiger partial charge on any atom is 0.118 e. The normalized spacial score (nSPS) is 26.3. The van der Waals surface area contributed by atoms with Crippen LogP contribution in [0, 0.1) is 5.92 Å². The highest BCUT2D eigenvalue weighted by atomic mass is 15.2. The average Bonchev–Trinajstić information content (AvgIpc) is 3.14. The van der Waals surface area contributed by atoms with E-state index in [-0.39, 0.29) is 0 Å². The van der Waals surface area contributed by atoms with Crippen LogP contribution in [0.4, 0.5) is 0 Å². The van der Waals surface area contributed by atoms with Gasteiger partial charge in [0.05, 0.1) is 0 Å². The predicted molar refractivity (Wildman–Crippen MR) is 109 cm³/mol. The van der Waals surface area contributed by atoms with Gasteiger partial charge in [0.1, 0.15) is 5.82 Å². The molecular formula is C21H27N5. The number of H-pyrrole nitrogens is 1. The van der Waals surface area contributed by atoms with Crippen molar-refractivity contribution < 1.29 is 0 Å². The van der Waals surface area contributed by atoms with E-state index in [1.165, 1.54) is 38.9 Å². The van der Waals surface area contributed by atoms with Gasteiger partial charge in [-0.3, -0.25) is 0 Å². The van der Waals surface area contributed by atoms with E-state index < -0.39 is 0 Å². The minimum absolute atomic E-state index is 0.481. The Kier molecular flexibility index (Phi) is 4.80. The summed E-state index contributed by atoms with van der Waals surface area (Å²) in [7, 11) is 0. The molecule has 2 fully saturated rings. The highest BCUT2D eigenvalue weighted by Crippen LogP contribution is 2.27. The molecule has 2 aliphatic heterocycles. The van der Waals surface area contributed by atoms with E-state index in [4.69, 9.17) is 5.73 Å². The molecule has 136 valence electrons. The van der Waals surface area contributed by atoms with Crippen LogP contribution in [0.5, 0.6) is 0 Å². The molecule has 5 nitrogen and oxygen atoms in total. The van der Waals surface area contributed by atoms with Crippen molar-refractivity contribution in [1.82, 2.24) is 15.2 Å². The van der Waals surface area contributed by atoms with Gasteiger partial charge in [-0.25, -0.2) is 4.99 Å². The van der Waals surface area contributed by atoms with E-state index in [9.17, 15) is 0 Å². The van der Waals surface area contributed by atoms with Crippen molar-refractivity contribution in [1.29, 1.82) is 0 Å². The molecule has 2 bridgehead atoms. The van der Waals surface area contributed by atoms with Crippen molar-refractivity contribution in [2.75, 3.05) is 19.6 Å². The first-order chi connectivity index (χ1) is 12.7. The van der Waals surface area contributed by atoms with Crippen LogP contribution in [-0.2, 0) is 0 Å². The highest BCUT2D eigenvalue weighted by molar-refractivity contribution is 6.14. The molecule has 2 aromatic rings. The minimum atomic E-state index is 0.481. The minimum Gasteiger partial charge on any atom is -0.404 e. The number of allylic oxidation sites excluding steroid dienone is 1. The molecule has 1 aromatic heterocycles. The second-order valence-corrected chi connectivity index (χ2v) is 7.31. The average molecular weight is 349 g/mol. The number of nitrogens with one attached hydrogen (secondary N) is 2. The van der Waals surface area contributed by atoms with Gasteiger partial charge in [-0.05, 0) is 49.4 Å². The maximum absolute atomic E-state index is 5.88. The number of piperidine rings is 2. The predicted octanol–water partition coefficient (Wildman–Crippen LogP) is 3.08. The zero-order valence-electron chi connectivity index (χ0n) is 15.1. The second-order valence-electron chi connectivity index (χ2n) is 7.31. The first kappa shape index (κ1) is 16.9. The lowest BCUT2D eigenvalue weighted by atomic mass is 9.85. The fraction of sp³-hybridized carbons (Fsp3) is 0.381. The number of aromatic nitrogens is 1. The summed E-state index contributed by atoms with van der Waals surface area (Å²) in [6.45, 7) is 7.75. The van der Waals surface area contributed by atoms with Gasteiger partial charge in [0.2, 0.25) is 0 Å².